The molecule has 0 spiro atoms. The molecule has 2 rings (SSSR count). The second-order valence-corrected chi connectivity index (χ2v) is 5.00. The van der Waals surface area contributed by atoms with Crippen LogP contribution in [-0.4, -0.2) is 15.0 Å². The van der Waals surface area contributed by atoms with Gasteiger partial charge in [0.15, 0.2) is 0 Å². The second kappa shape index (κ2) is 5.34. The Morgan fingerprint density at radius 2 is 2.25 bits per heavy atom. The molecular formula is C10H11ClN4S. The number of halogens is 1. The Labute approximate surface area is 103 Å². The van der Waals surface area contributed by atoms with Crippen molar-refractivity contribution in [2.45, 2.75) is 20.0 Å². The van der Waals surface area contributed by atoms with Crippen LogP contribution in [0.25, 0.3) is 0 Å². The average molecular weight is 255 g/mol. The number of rotatable bonds is 4. The summed E-state index contributed by atoms with van der Waals surface area (Å²) in [5.74, 6) is 0.789. The van der Waals surface area contributed by atoms with Gasteiger partial charge in [-0.3, -0.25) is 0 Å². The van der Waals surface area contributed by atoms with Gasteiger partial charge in [-0.2, -0.15) is 0 Å². The van der Waals surface area contributed by atoms with E-state index in [2.05, 4.69) is 20.3 Å². The van der Waals surface area contributed by atoms with Crippen LogP contribution < -0.4 is 5.32 Å². The lowest BCUT2D eigenvalue weighted by Gasteiger charge is -2.02. The van der Waals surface area contributed by atoms with Gasteiger partial charge in [-0.1, -0.05) is 11.6 Å². The van der Waals surface area contributed by atoms with E-state index in [0.29, 0.717) is 13.1 Å². The van der Waals surface area contributed by atoms with E-state index in [4.69, 9.17) is 11.6 Å². The zero-order valence-electron chi connectivity index (χ0n) is 8.77. The van der Waals surface area contributed by atoms with Crippen LogP contribution in [0.2, 0.25) is 4.34 Å². The van der Waals surface area contributed by atoms with E-state index < -0.39 is 0 Å². The smallest absolute Gasteiger partial charge is 0.125 e. The summed E-state index contributed by atoms with van der Waals surface area (Å²) in [6, 6.07) is 1.90. The maximum atomic E-state index is 5.78. The van der Waals surface area contributed by atoms with Crippen LogP contribution in [0.15, 0.2) is 18.5 Å². The Bertz CT molecular complexity index is 471. The van der Waals surface area contributed by atoms with Gasteiger partial charge in [0.2, 0.25) is 0 Å². The third-order valence-electron chi connectivity index (χ3n) is 1.94. The number of hydrogen-bond acceptors (Lipinski definition) is 5. The minimum Gasteiger partial charge on any atom is -0.305 e. The molecule has 0 saturated carbocycles. The van der Waals surface area contributed by atoms with Crippen LogP contribution >= 0.6 is 22.9 Å². The first kappa shape index (κ1) is 11.4. The fraction of sp³-hybridized carbons (Fsp3) is 0.300. The minimum atomic E-state index is 0.709. The molecule has 0 saturated heterocycles. The molecule has 2 heterocycles. The molecule has 0 unspecified atom stereocenters. The summed E-state index contributed by atoms with van der Waals surface area (Å²) in [5.41, 5.74) is 0.982. The lowest BCUT2D eigenvalue weighted by atomic mass is 10.4. The number of nitrogens with zero attached hydrogens (tertiary/aromatic N) is 3. The first-order chi connectivity index (χ1) is 7.74. The Balaban J connectivity index is 1.84. The first-order valence-corrected chi connectivity index (χ1v) is 6.03. The standard InChI is InChI=1S/C10H11ClN4S/c1-7-13-3-2-8(15-7)4-12-6-10-14-5-9(11)16-10/h2-3,5,12H,4,6H2,1H3. The predicted octanol–water partition coefficient (Wildman–Crippen LogP) is 2.18. The predicted molar refractivity (Wildman–Crippen MR) is 64.4 cm³/mol. The molecule has 0 aliphatic heterocycles. The molecule has 84 valence electrons. The summed E-state index contributed by atoms with van der Waals surface area (Å²) >= 11 is 7.27. The van der Waals surface area contributed by atoms with Crippen molar-refractivity contribution in [3.05, 3.63) is 39.3 Å². The van der Waals surface area contributed by atoms with Gasteiger partial charge in [-0.15, -0.1) is 11.3 Å². The summed E-state index contributed by atoms with van der Waals surface area (Å²) < 4.78 is 0.717. The highest BCUT2D eigenvalue weighted by atomic mass is 35.5. The van der Waals surface area contributed by atoms with Crippen molar-refractivity contribution in [2.75, 3.05) is 0 Å². The van der Waals surface area contributed by atoms with Crippen molar-refractivity contribution < 1.29 is 0 Å². The molecule has 0 aliphatic rings. The van der Waals surface area contributed by atoms with Crippen molar-refractivity contribution in [1.29, 1.82) is 0 Å². The van der Waals surface area contributed by atoms with Gasteiger partial charge in [0, 0.05) is 19.3 Å². The van der Waals surface area contributed by atoms with Crippen LogP contribution in [0.1, 0.15) is 16.5 Å². The highest BCUT2D eigenvalue weighted by molar-refractivity contribution is 7.15. The van der Waals surface area contributed by atoms with Crippen molar-refractivity contribution in [3.8, 4) is 0 Å². The summed E-state index contributed by atoms with van der Waals surface area (Å²) in [6.07, 6.45) is 3.43. The number of thiazole rings is 1. The Morgan fingerprint density at radius 1 is 1.38 bits per heavy atom. The number of aromatic nitrogens is 3. The molecule has 0 atom stereocenters. The van der Waals surface area contributed by atoms with Crippen molar-refractivity contribution in [2.24, 2.45) is 0 Å². The topological polar surface area (TPSA) is 50.7 Å². The molecule has 16 heavy (non-hydrogen) atoms. The van der Waals surface area contributed by atoms with Crippen molar-refractivity contribution in [3.63, 3.8) is 0 Å². The molecule has 1 N–H and O–H groups in total. The molecule has 4 nitrogen and oxygen atoms in total. The normalized spacial score (nSPS) is 10.6. The molecule has 0 bridgehead atoms. The third kappa shape index (κ3) is 3.23. The summed E-state index contributed by atoms with van der Waals surface area (Å²) in [5, 5.41) is 4.24. The summed E-state index contributed by atoms with van der Waals surface area (Å²) in [4.78, 5) is 12.5. The molecule has 0 aliphatic carbocycles. The number of hydrogen-bond donors (Lipinski definition) is 1. The van der Waals surface area contributed by atoms with Gasteiger partial charge in [0.25, 0.3) is 0 Å². The van der Waals surface area contributed by atoms with Crippen LogP contribution in [0.5, 0.6) is 0 Å². The monoisotopic (exact) mass is 254 g/mol. The Morgan fingerprint density at radius 3 is 2.94 bits per heavy atom. The zero-order valence-corrected chi connectivity index (χ0v) is 10.3. The largest absolute Gasteiger partial charge is 0.305 e. The highest BCUT2D eigenvalue weighted by Crippen LogP contribution is 2.17. The highest BCUT2D eigenvalue weighted by Gasteiger charge is 2.00. The fourth-order valence-corrected chi connectivity index (χ4v) is 2.20. The molecule has 2 aromatic rings. The van der Waals surface area contributed by atoms with Crippen LogP contribution in [0, 0.1) is 6.92 Å². The van der Waals surface area contributed by atoms with Crippen LogP contribution in [-0.2, 0) is 13.1 Å². The average Bonchev–Trinajstić information content (AvgIpc) is 2.64. The van der Waals surface area contributed by atoms with E-state index in [1.54, 1.807) is 12.4 Å². The van der Waals surface area contributed by atoms with E-state index in [1.165, 1.54) is 11.3 Å². The molecule has 0 amide bonds. The van der Waals surface area contributed by atoms with Crippen molar-refractivity contribution >= 4 is 22.9 Å². The zero-order chi connectivity index (χ0) is 11.4. The van der Waals surface area contributed by atoms with E-state index in [0.717, 1.165) is 20.9 Å². The van der Waals surface area contributed by atoms with Crippen LogP contribution in [0.4, 0.5) is 0 Å². The molecule has 0 aromatic carbocycles. The molecular weight excluding hydrogens is 244 g/mol. The van der Waals surface area contributed by atoms with Gasteiger partial charge in [-0.05, 0) is 13.0 Å². The SMILES string of the molecule is Cc1nccc(CNCc2ncc(Cl)s2)n1. The van der Waals surface area contributed by atoms with E-state index in [-0.39, 0.29) is 0 Å². The second-order valence-electron chi connectivity index (χ2n) is 3.26. The molecule has 0 fully saturated rings. The summed E-state index contributed by atoms with van der Waals surface area (Å²) in [7, 11) is 0. The van der Waals surface area contributed by atoms with E-state index in [1.807, 2.05) is 13.0 Å². The van der Waals surface area contributed by atoms with Gasteiger partial charge in [0.1, 0.15) is 15.2 Å². The fourth-order valence-electron chi connectivity index (χ4n) is 1.27. The number of nitrogens with one attached hydrogen (secondary N) is 1. The Hall–Kier alpha value is -1.04. The summed E-state index contributed by atoms with van der Waals surface area (Å²) in [6.45, 7) is 3.30. The van der Waals surface area contributed by atoms with Crippen molar-refractivity contribution in [1.82, 2.24) is 20.3 Å². The van der Waals surface area contributed by atoms with E-state index in [9.17, 15) is 0 Å². The van der Waals surface area contributed by atoms with Crippen LogP contribution in [0.3, 0.4) is 0 Å². The quantitative estimate of drug-likeness (QED) is 0.909. The third-order valence-corrected chi connectivity index (χ3v) is 3.06. The molecule has 2 aromatic heterocycles. The maximum absolute atomic E-state index is 5.78. The van der Waals surface area contributed by atoms with Gasteiger partial charge >= 0.3 is 0 Å². The van der Waals surface area contributed by atoms with E-state index >= 15 is 0 Å². The maximum Gasteiger partial charge on any atom is 0.125 e. The minimum absolute atomic E-state index is 0.709. The lowest BCUT2D eigenvalue weighted by molar-refractivity contribution is 0.672. The van der Waals surface area contributed by atoms with Gasteiger partial charge in [0.05, 0.1) is 11.9 Å². The lowest BCUT2D eigenvalue weighted by Crippen LogP contribution is -2.13. The van der Waals surface area contributed by atoms with Gasteiger partial charge in [-0.25, -0.2) is 15.0 Å². The molecule has 0 radical (unpaired) electrons. The molecule has 6 heteroatoms. The Kier molecular flexibility index (Phi) is 3.82. The first-order valence-electron chi connectivity index (χ1n) is 4.83. The number of aryl methyl sites for hydroxylation is 1. The van der Waals surface area contributed by atoms with Gasteiger partial charge < -0.3 is 5.32 Å².